The van der Waals surface area contributed by atoms with Gasteiger partial charge in [0.05, 0.1) is 11.6 Å². The summed E-state index contributed by atoms with van der Waals surface area (Å²) in [5, 5.41) is 22.0. The number of aromatic nitrogens is 4. The molecule has 2 aromatic rings. The Hall–Kier alpha value is -2.49. The summed E-state index contributed by atoms with van der Waals surface area (Å²) in [5.41, 5.74) is 2.31. The molecule has 0 aromatic carbocycles. The molecule has 1 saturated heterocycles. The third kappa shape index (κ3) is 2.44. The van der Waals surface area contributed by atoms with Crippen LogP contribution in [0.2, 0.25) is 0 Å². The Balaban J connectivity index is 1.56. The Bertz CT molecular complexity index is 788. The SMILES string of the molecule is Cc1nnc(N2CC[C@@H](c3nc(C4CC4)no3)C2)c(C#N)c1C. The van der Waals surface area contributed by atoms with E-state index < -0.39 is 0 Å². The maximum absolute atomic E-state index is 9.45. The van der Waals surface area contributed by atoms with Crippen molar-refractivity contribution in [2.75, 3.05) is 18.0 Å². The molecule has 0 unspecified atom stereocenters. The van der Waals surface area contributed by atoms with Crippen molar-refractivity contribution in [1.82, 2.24) is 20.3 Å². The molecule has 2 aliphatic rings. The van der Waals surface area contributed by atoms with Gasteiger partial charge >= 0.3 is 0 Å². The Morgan fingerprint density at radius 2 is 2.00 bits per heavy atom. The molecule has 0 N–H and O–H groups in total. The van der Waals surface area contributed by atoms with E-state index in [2.05, 4.69) is 31.3 Å². The van der Waals surface area contributed by atoms with Crippen LogP contribution in [0.5, 0.6) is 0 Å². The molecule has 0 spiro atoms. The predicted molar refractivity (Wildman–Crippen MR) is 82.1 cm³/mol. The van der Waals surface area contributed by atoms with Crippen LogP contribution in [0.15, 0.2) is 4.52 Å². The molecule has 3 heterocycles. The fourth-order valence-corrected chi connectivity index (χ4v) is 3.03. The Morgan fingerprint density at radius 3 is 2.74 bits per heavy atom. The van der Waals surface area contributed by atoms with Crippen molar-refractivity contribution >= 4 is 5.82 Å². The van der Waals surface area contributed by atoms with Gasteiger partial charge in [0.1, 0.15) is 11.6 Å². The first kappa shape index (κ1) is 14.1. The molecule has 0 bridgehead atoms. The van der Waals surface area contributed by atoms with Crippen LogP contribution in [0.3, 0.4) is 0 Å². The second-order valence-electron chi connectivity index (χ2n) is 6.42. The molecular formula is C16H18N6O. The van der Waals surface area contributed by atoms with Gasteiger partial charge in [0, 0.05) is 19.0 Å². The lowest BCUT2D eigenvalue weighted by Crippen LogP contribution is -2.23. The van der Waals surface area contributed by atoms with Crippen LogP contribution >= 0.6 is 0 Å². The molecule has 1 aliphatic heterocycles. The first-order valence-electron chi connectivity index (χ1n) is 7.99. The molecule has 1 aliphatic carbocycles. The number of hydrogen-bond acceptors (Lipinski definition) is 7. The topological polar surface area (TPSA) is 91.7 Å². The molecule has 7 heteroatoms. The van der Waals surface area contributed by atoms with E-state index >= 15 is 0 Å². The van der Waals surface area contributed by atoms with Crippen molar-refractivity contribution in [3.05, 3.63) is 28.5 Å². The summed E-state index contributed by atoms with van der Waals surface area (Å²) in [6.45, 7) is 5.34. The second kappa shape index (κ2) is 5.30. The summed E-state index contributed by atoms with van der Waals surface area (Å²) in [5.74, 6) is 2.93. The highest BCUT2D eigenvalue weighted by molar-refractivity contribution is 5.58. The van der Waals surface area contributed by atoms with Crippen LogP contribution < -0.4 is 4.90 Å². The third-order valence-electron chi connectivity index (χ3n) is 4.78. The molecular weight excluding hydrogens is 292 g/mol. The van der Waals surface area contributed by atoms with Gasteiger partial charge in [0.15, 0.2) is 11.6 Å². The molecule has 118 valence electrons. The van der Waals surface area contributed by atoms with Gasteiger partial charge in [-0.05, 0) is 38.7 Å². The summed E-state index contributed by atoms with van der Waals surface area (Å²) in [6, 6.07) is 2.27. The number of rotatable bonds is 3. The quantitative estimate of drug-likeness (QED) is 0.858. The van der Waals surface area contributed by atoms with Gasteiger partial charge in [0.25, 0.3) is 0 Å². The van der Waals surface area contributed by atoms with Crippen LogP contribution in [0.1, 0.15) is 59.6 Å². The maximum atomic E-state index is 9.45. The number of anilines is 1. The number of hydrogen-bond donors (Lipinski definition) is 0. The summed E-state index contributed by atoms with van der Waals surface area (Å²) in [6.07, 6.45) is 3.25. The molecule has 4 rings (SSSR count). The van der Waals surface area contributed by atoms with Gasteiger partial charge in [-0.25, -0.2) is 0 Å². The van der Waals surface area contributed by atoms with Crippen LogP contribution in [-0.2, 0) is 0 Å². The zero-order chi connectivity index (χ0) is 16.0. The molecule has 1 atom stereocenters. The van der Waals surface area contributed by atoms with E-state index in [-0.39, 0.29) is 5.92 Å². The molecule has 7 nitrogen and oxygen atoms in total. The van der Waals surface area contributed by atoms with Gasteiger partial charge in [0.2, 0.25) is 5.89 Å². The summed E-state index contributed by atoms with van der Waals surface area (Å²) in [4.78, 5) is 6.65. The van der Waals surface area contributed by atoms with Crippen LogP contribution in [0.25, 0.3) is 0 Å². The van der Waals surface area contributed by atoms with Crippen LogP contribution in [0.4, 0.5) is 5.82 Å². The van der Waals surface area contributed by atoms with Crippen LogP contribution in [-0.4, -0.2) is 33.4 Å². The zero-order valence-corrected chi connectivity index (χ0v) is 13.3. The average molecular weight is 310 g/mol. The lowest BCUT2D eigenvalue weighted by atomic mass is 10.1. The van der Waals surface area contributed by atoms with Crippen molar-refractivity contribution in [3.8, 4) is 6.07 Å². The maximum Gasteiger partial charge on any atom is 0.231 e. The Labute approximate surface area is 134 Å². The summed E-state index contributed by atoms with van der Waals surface area (Å²) >= 11 is 0. The first-order chi connectivity index (χ1) is 11.2. The van der Waals surface area contributed by atoms with E-state index in [4.69, 9.17) is 4.52 Å². The van der Waals surface area contributed by atoms with Gasteiger partial charge in [-0.15, -0.1) is 5.10 Å². The second-order valence-corrected chi connectivity index (χ2v) is 6.42. The molecule has 0 amide bonds. The zero-order valence-electron chi connectivity index (χ0n) is 13.3. The van der Waals surface area contributed by atoms with Crippen molar-refractivity contribution in [3.63, 3.8) is 0 Å². The Morgan fingerprint density at radius 1 is 1.17 bits per heavy atom. The lowest BCUT2D eigenvalue weighted by Gasteiger charge is -2.18. The molecule has 1 saturated carbocycles. The van der Waals surface area contributed by atoms with Gasteiger partial charge in [-0.1, -0.05) is 5.16 Å². The van der Waals surface area contributed by atoms with E-state index in [0.717, 1.165) is 36.6 Å². The number of nitriles is 1. The van der Waals surface area contributed by atoms with Gasteiger partial charge in [-0.2, -0.15) is 15.3 Å². The smallest absolute Gasteiger partial charge is 0.231 e. The van der Waals surface area contributed by atoms with E-state index in [1.807, 2.05) is 13.8 Å². The minimum atomic E-state index is 0.199. The van der Waals surface area contributed by atoms with Crippen molar-refractivity contribution in [1.29, 1.82) is 5.26 Å². The number of aryl methyl sites for hydroxylation is 1. The first-order valence-corrected chi connectivity index (χ1v) is 7.99. The molecule has 2 fully saturated rings. The third-order valence-corrected chi connectivity index (χ3v) is 4.78. The fraction of sp³-hybridized carbons (Fsp3) is 0.562. The summed E-state index contributed by atoms with van der Waals surface area (Å²) in [7, 11) is 0. The highest BCUT2D eigenvalue weighted by Gasteiger charge is 2.34. The molecule has 0 radical (unpaired) electrons. The van der Waals surface area contributed by atoms with E-state index in [1.165, 1.54) is 12.8 Å². The van der Waals surface area contributed by atoms with E-state index in [1.54, 1.807) is 0 Å². The lowest BCUT2D eigenvalue weighted by molar-refractivity contribution is 0.355. The standard InChI is InChI=1S/C16H18N6O/c1-9-10(2)19-20-15(13(9)7-17)22-6-5-12(8-22)16-18-14(21-23-16)11-3-4-11/h11-12H,3-6,8H2,1-2H3/t12-/m1/s1. The van der Waals surface area contributed by atoms with Crippen molar-refractivity contribution < 1.29 is 4.52 Å². The van der Waals surface area contributed by atoms with Crippen LogP contribution in [0, 0.1) is 25.2 Å². The highest BCUT2D eigenvalue weighted by Crippen LogP contribution is 2.39. The minimum absolute atomic E-state index is 0.199. The molecule has 23 heavy (non-hydrogen) atoms. The van der Waals surface area contributed by atoms with E-state index in [9.17, 15) is 5.26 Å². The number of nitrogens with zero attached hydrogens (tertiary/aromatic N) is 6. The predicted octanol–water partition coefficient (Wildman–Crippen LogP) is 2.22. The fourth-order valence-electron chi connectivity index (χ4n) is 3.03. The molecule has 2 aromatic heterocycles. The largest absolute Gasteiger partial charge is 0.353 e. The normalized spacial score (nSPS) is 20.7. The van der Waals surface area contributed by atoms with Gasteiger partial charge < -0.3 is 9.42 Å². The Kier molecular flexibility index (Phi) is 3.26. The van der Waals surface area contributed by atoms with Crippen molar-refractivity contribution in [2.45, 2.75) is 44.9 Å². The van der Waals surface area contributed by atoms with Gasteiger partial charge in [-0.3, -0.25) is 0 Å². The van der Waals surface area contributed by atoms with E-state index in [0.29, 0.717) is 23.2 Å². The summed E-state index contributed by atoms with van der Waals surface area (Å²) < 4.78 is 5.44. The minimum Gasteiger partial charge on any atom is -0.353 e. The van der Waals surface area contributed by atoms with Crippen molar-refractivity contribution in [2.24, 2.45) is 0 Å². The monoisotopic (exact) mass is 310 g/mol. The average Bonchev–Trinajstić information content (AvgIpc) is 3.10. The highest BCUT2D eigenvalue weighted by atomic mass is 16.5.